The maximum Gasteiger partial charge on any atom is 0.416 e. The minimum atomic E-state index is -4.47. The number of oxime groups is 1. The molecule has 0 saturated heterocycles. The summed E-state index contributed by atoms with van der Waals surface area (Å²) in [5.41, 5.74) is 4.78. The Kier molecular flexibility index (Phi) is 3.74. The number of halogens is 3. The van der Waals surface area contributed by atoms with E-state index in [0.29, 0.717) is 0 Å². The highest BCUT2D eigenvalue weighted by Crippen LogP contribution is 2.33. The van der Waals surface area contributed by atoms with Crippen LogP contribution in [0, 0.1) is 0 Å². The first-order valence-corrected chi connectivity index (χ1v) is 5.68. The standard InChI is InChI=1S/C12H11F3N4O2/c1-19-10(11(16)18-20)9(6-17-19)21-8-4-2-3-7(5-8)12(13,14)15/h2-6,20H,1H3,(H2,16,18). The highest BCUT2D eigenvalue weighted by atomic mass is 19.4. The first-order chi connectivity index (χ1) is 9.82. The summed E-state index contributed by atoms with van der Waals surface area (Å²) in [6, 6.07) is 4.36. The van der Waals surface area contributed by atoms with Crippen molar-refractivity contribution in [2.24, 2.45) is 17.9 Å². The molecule has 9 heteroatoms. The lowest BCUT2D eigenvalue weighted by Gasteiger charge is -2.10. The molecule has 1 heterocycles. The Bertz CT molecular complexity index is 679. The van der Waals surface area contributed by atoms with Crippen molar-refractivity contribution >= 4 is 5.84 Å². The molecule has 0 atom stereocenters. The van der Waals surface area contributed by atoms with Crippen LogP contribution in [0.3, 0.4) is 0 Å². The fourth-order valence-electron chi connectivity index (χ4n) is 1.69. The van der Waals surface area contributed by atoms with E-state index in [1.165, 1.54) is 30.1 Å². The lowest BCUT2D eigenvalue weighted by molar-refractivity contribution is -0.137. The second-order valence-electron chi connectivity index (χ2n) is 4.09. The monoisotopic (exact) mass is 300 g/mol. The molecule has 6 nitrogen and oxygen atoms in total. The fraction of sp³-hybridized carbons (Fsp3) is 0.167. The summed E-state index contributed by atoms with van der Waals surface area (Å²) in [6.07, 6.45) is -3.21. The van der Waals surface area contributed by atoms with Crippen LogP contribution in [0.2, 0.25) is 0 Å². The molecular formula is C12H11F3N4O2. The maximum absolute atomic E-state index is 12.6. The molecule has 1 aromatic heterocycles. The Morgan fingerprint density at radius 3 is 2.76 bits per heavy atom. The van der Waals surface area contributed by atoms with Gasteiger partial charge in [-0.15, -0.1) is 0 Å². The number of hydrogen-bond donors (Lipinski definition) is 2. The summed E-state index contributed by atoms with van der Waals surface area (Å²) in [6.45, 7) is 0. The summed E-state index contributed by atoms with van der Waals surface area (Å²) in [7, 11) is 1.52. The van der Waals surface area contributed by atoms with Gasteiger partial charge in [0.25, 0.3) is 0 Å². The first kappa shape index (κ1) is 14.7. The minimum absolute atomic E-state index is 0.0372. The first-order valence-electron chi connectivity index (χ1n) is 5.68. The largest absolute Gasteiger partial charge is 0.453 e. The third-order valence-electron chi connectivity index (χ3n) is 2.64. The van der Waals surface area contributed by atoms with E-state index in [1.54, 1.807) is 0 Å². The number of rotatable bonds is 3. The zero-order chi connectivity index (χ0) is 15.6. The van der Waals surface area contributed by atoms with Crippen molar-refractivity contribution in [3.05, 3.63) is 41.7 Å². The number of nitrogens with two attached hydrogens (primary N) is 1. The number of nitrogens with zero attached hydrogens (tertiary/aromatic N) is 3. The molecule has 1 aromatic carbocycles. The molecule has 0 bridgehead atoms. The van der Waals surface area contributed by atoms with Gasteiger partial charge in [-0.25, -0.2) is 0 Å². The highest BCUT2D eigenvalue weighted by Gasteiger charge is 2.30. The summed E-state index contributed by atoms with van der Waals surface area (Å²) < 4.78 is 44.5. The number of alkyl halides is 3. The van der Waals surface area contributed by atoms with Crippen molar-refractivity contribution in [2.45, 2.75) is 6.18 Å². The molecule has 0 spiro atoms. The van der Waals surface area contributed by atoms with Gasteiger partial charge in [0.2, 0.25) is 0 Å². The van der Waals surface area contributed by atoms with Gasteiger partial charge in [0.1, 0.15) is 11.4 Å². The lowest BCUT2D eigenvalue weighted by atomic mass is 10.2. The van der Waals surface area contributed by atoms with Crippen LogP contribution >= 0.6 is 0 Å². The van der Waals surface area contributed by atoms with Gasteiger partial charge in [-0.3, -0.25) is 4.68 Å². The number of ether oxygens (including phenoxy) is 1. The van der Waals surface area contributed by atoms with Gasteiger partial charge in [0.05, 0.1) is 11.8 Å². The van der Waals surface area contributed by atoms with Gasteiger partial charge in [-0.1, -0.05) is 11.2 Å². The summed E-state index contributed by atoms with van der Waals surface area (Å²) >= 11 is 0. The van der Waals surface area contributed by atoms with Crippen LogP contribution in [0.4, 0.5) is 13.2 Å². The average Bonchev–Trinajstić information content (AvgIpc) is 2.78. The Hall–Kier alpha value is -2.71. The smallest absolute Gasteiger partial charge is 0.416 e. The topological polar surface area (TPSA) is 85.7 Å². The van der Waals surface area contributed by atoms with E-state index < -0.39 is 11.7 Å². The Labute approximate surface area is 117 Å². The molecule has 0 aliphatic rings. The molecule has 0 fully saturated rings. The lowest BCUT2D eigenvalue weighted by Crippen LogP contribution is -2.18. The van der Waals surface area contributed by atoms with Crippen LogP contribution < -0.4 is 10.5 Å². The SMILES string of the molecule is Cn1ncc(Oc2cccc(C(F)(F)F)c2)c1/C(N)=N/O. The van der Waals surface area contributed by atoms with Crippen LogP contribution in [0.15, 0.2) is 35.6 Å². The summed E-state index contributed by atoms with van der Waals surface area (Å²) in [5, 5.41) is 15.4. The van der Waals surface area contributed by atoms with Gasteiger partial charge < -0.3 is 15.7 Å². The normalized spacial score (nSPS) is 12.5. The van der Waals surface area contributed by atoms with E-state index in [-0.39, 0.29) is 23.0 Å². The number of hydrogen-bond acceptors (Lipinski definition) is 4. The van der Waals surface area contributed by atoms with Crippen LogP contribution in [-0.4, -0.2) is 20.8 Å². The van der Waals surface area contributed by atoms with Crippen LogP contribution in [0.5, 0.6) is 11.5 Å². The minimum Gasteiger partial charge on any atom is -0.453 e. The second kappa shape index (κ2) is 5.35. The molecule has 0 aliphatic carbocycles. The van der Waals surface area contributed by atoms with Crippen molar-refractivity contribution in [1.29, 1.82) is 0 Å². The molecule has 0 amide bonds. The van der Waals surface area contributed by atoms with E-state index in [1.807, 2.05) is 0 Å². The van der Waals surface area contributed by atoms with Crippen molar-refractivity contribution in [2.75, 3.05) is 0 Å². The van der Waals surface area contributed by atoms with Crippen molar-refractivity contribution in [3.63, 3.8) is 0 Å². The number of benzene rings is 1. The molecule has 3 N–H and O–H groups in total. The van der Waals surface area contributed by atoms with Crippen molar-refractivity contribution in [1.82, 2.24) is 9.78 Å². The van der Waals surface area contributed by atoms with Crippen molar-refractivity contribution in [3.8, 4) is 11.5 Å². The summed E-state index contributed by atoms with van der Waals surface area (Å²) in [4.78, 5) is 0. The fourth-order valence-corrected chi connectivity index (χ4v) is 1.69. The van der Waals surface area contributed by atoms with Crippen LogP contribution in [0.1, 0.15) is 11.3 Å². The number of amidine groups is 1. The van der Waals surface area contributed by atoms with Crippen LogP contribution in [-0.2, 0) is 13.2 Å². The van der Waals surface area contributed by atoms with E-state index in [4.69, 9.17) is 15.7 Å². The van der Waals surface area contributed by atoms with Gasteiger partial charge in [0, 0.05) is 7.05 Å². The van der Waals surface area contributed by atoms with E-state index in [9.17, 15) is 13.2 Å². The highest BCUT2D eigenvalue weighted by molar-refractivity contribution is 5.97. The van der Waals surface area contributed by atoms with Gasteiger partial charge >= 0.3 is 6.18 Å². The molecule has 2 aromatic rings. The van der Waals surface area contributed by atoms with E-state index in [0.717, 1.165) is 12.1 Å². The summed E-state index contributed by atoms with van der Waals surface area (Å²) in [5.74, 6) is -0.228. The van der Waals surface area contributed by atoms with Crippen molar-refractivity contribution < 1.29 is 23.1 Å². The third kappa shape index (κ3) is 3.07. The molecule has 2 rings (SSSR count). The molecule has 0 unspecified atom stereocenters. The Balaban J connectivity index is 2.36. The van der Waals surface area contributed by atoms with Gasteiger partial charge in [0.15, 0.2) is 11.6 Å². The zero-order valence-corrected chi connectivity index (χ0v) is 10.8. The van der Waals surface area contributed by atoms with Crippen LogP contribution in [0.25, 0.3) is 0 Å². The van der Waals surface area contributed by atoms with Gasteiger partial charge in [-0.2, -0.15) is 18.3 Å². The zero-order valence-electron chi connectivity index (χ0n) is 10.8. The quantitative estimate of drug-likeness (QED) is 0.394. The molecular weight excluding hydrogens is 289 g/mol. The van der Waals surface area contributed by atoms with E-state index >= 15 is 0 Å². The Morgan fingerprint density at radius 1 is 1.43 bits per heavy atom. The maximum atomic E-state index is 12.6. The average molecular weight is 300 g/mol. The predicted molar refractivity (Wildman–Crippen MR) is 67.2 cm³/mol. The molecule has 21 heavy (non-hydrogen) atoms. The molecule has 112 valence electrons. The number of aryl methyl sites for hydroxylation is 1. The Morgan fingerprint density at radius 2 is 2.14 bits per heavy atom. The third-order valence-corrected chi connectivity index (χ3v) is 2.64. The van der Waals surface area contributed by atoms with Gasteiger partial charge in [-0.05, 0) is 18.2 Å². The molecule has 0 aliphatic heterocycles. The molecule has 0 saturated carbocycles. The second-order valence-corrected chi connectivity index (χ2v) is 4.09. The predicted octanol–water partition coefficient (Wildman–Crippen LogP) is 2.33. The number of aromatic nitrogens is 2. The van der Waals surface area contributed by atoms with E-state index in [2.05, 4.69) is 10.3 Å². The molecule has 0 radical (unpaired) electrons.